The van der Waals surface area contributed by atoms with Crippen LogP contribution in [0.3, 0.4) is 0 Å². The third-order valence-electron chi connectivity index (χ3n) is 2.46. The molecule has 0 radical (unpaired) electrons. The van der Waals surface area contributed by atoms with Gasteiger partial charge in [-0.25, -0.2) is 0 Å². The zero-order valence-electron chi connectivity index (χ0n) is 9.67. The number of phenols is 1. The maximum Gasteiger partial charge on any atom is 0.186 e. The lowest BCUT2D eigenvalue weighted by Crippen LogP contribution is -1.96. The first kappa shape index (κ1) is 12.4. The predicted molar refractivity (Wildman–Crippen MR) is 69.7 cm³/mol. The summed E-state index contributed by atoms with van der Waals surface area (Å²) in [6.07, 6.45) is 4.51. The lowest BCUT2D eigenvalue weighted by Gasteiger charge is -1.98. The van der Waals surface area contributed by atoms with Crippen LogP contribution in [0.1, 0.15) is 16.1 Å². The second-order valence-electron chi connectivity index (χ2n) is 3.75. The van der Waals surface area contributed by atoms with Crippen LogP contribution in [0.2, 0.25) is 5.02 Å². The number of aromatic nitrogens is 2. The molecule has 0 unspecified atom stereocenters. The summed E-state index contributed by atoms with van der Waals surface area (Å²) in [5.74, 6) is -0.143. The number of aromatic hydroxyl groups is 1. The van der Waals surface area contributed by atoms with Gasteiger partial charge in [0.05, 0.1) is 16.9 Å². The Bertz CT molecular complexity index is 598. The number of phenolic OH excluding ortho intramolecular Hbond substituents is 1. The summed E-state index contributed by atoms with van der Waals surface area (Å²) in [6.45, 7) is 0. The molecule has 0 saturated carbocycles. The van der Waals surface area contributed by atoms with Crippen LogP contribution in [-0.2, 0) is 7.05 Å². The van der Waals surface area contributed by atoms with Crippen molar-refractivity contribution in [3.8, 4) is 5.75 Å². The fraction of sp³-hybridized carbons (Fsp3) is 0.0769. The van der Waals surface area contributed by atoms with Gasteiger partial charge in [0.2, 0.25) is 0 Å². The fourth-order valence-corrected chi connectivity index (χ4v) is 1.75. The maximum atomic E-state index is 11.8. The molecule has 0 aliphatic heterocycles. The summed E-state index contributed by atoms with van der Waals surface area (Å²) in [7, 11) is 1.74. The number of halogens is 1. The normalized spacial score (nSPS) is 11.0. The van der Waals surface area contributed by atoms with Gasteiger partial charge in [0.25, 0.3) is 0 Å². The van der Waals surface area contributed by atoms with Gasteiger partial charge in [-0.3, -0.25) is 9.48 Å². The van der Waals surface area contributed by atoms with Crippen molar-refractivity contribution in [3.63, 3.8) is 0 Å². The van der Waals surface area contributed by atoms with Crippen molar-refractivity contribution in [1.29, 1.82) is 0 Å². The standard InChI is InChI=1S/C13H11ClN2O2/c1-16-12(11(14)8-15-16)5-6-13(18)9-3-2-4-10(17)7-9/h2-8,17H,1H3/b6-5+. The van der Waals surface area contributed by atoms with Gasteiger partial charge in [0, 0.05) is 12.6 Å². The Morgan fingerprint density at radius 1 is 1.50 bits per heavy atom. The third-order valence-corrected chi connectivity index (χ3v) is 2.75. The Morgan fingerprint density at radius 2 is 2.28 bits per heavy atom. The molecule has 0 fully saturated rings. The molecule has 0 amide bonds. The first-order valence-electron chi connectivity index (χ1n) is 5.27. The van der Waals surface area contributed by atoms with E-state index in [-0.39, 0.29) is 11.5 Å². The van der Waals surface area contributed by atoms with E-state index >= 15 is 0 Å². The number of carbonyl (C=O) groups is 1. The van der Waals surface area contributed by atoms with E-state index in [1.54, 1.807) is 29.9 Å². The van der Waals surface area contributed by atoms with E-state index in [0.717, 1.165) is 0 Å². The van der Waals surface area contributed by atoms with Crippen molar-refractivity contribution < 1.29 is 9.90 Å². The lowest BCUT2D eigenvalue weighted by atomic mass is 10.1. The number of allylic oxidation sites excluding steroid dienone is 1. The minimum absolute atomic E-state index is 0.0628. The molecule has 0 aliphatic carbocycles. The Morgan fingerprint density at radius 3 is 2.89 bits per heavy atom. The highest BCUT2D eigenvalue weighted by atomic mass is 35.5. The number of hydrogen-bond donors (Lipinski definition) is 1. The minimum Gasteiger partial charge on any atom is -0.508 e. The predicted octanol–water partition coefficient (Wildman–Crippen LogP) is 2.68. The van der Waals surface area contributed by atoms with Crippen LogP contribution >= 0.6 is 11.6 Å². The molecule has 2 aromatic rings. The van der Waals surface area contributed by atoms with E-state index in [4.69, 9.17) is 11.6 Å². The van der Waals surface area contributed by atoms with Gasteiger partial charge in [-0.1, -0.05) is 23.7 Å². The minimum atomic E-state index is -0.205. The van der Waals surface area contributed by atoms with E-state index in [1.807, 2.05) is 0 Å². The van der Waals surface area contributed by atoms with E-state index in [2.05, 4.69) is 5.10 Å². The van der Waals surface area contributed by atoms with E-state index < -0.39 is 0 Å². The summed E-state index contributed by atoms with van der Waals surface area (Å²) >= 11 is 5.91. The van der Waals surface area contributed by atoms with Crippen molar-refractivity contribution in [2.45, 2.75) is 0 Å². The smallest absolute Gasteiger partial charge is 0.186 e. The number of rotatable bonds is 3. The van der Waals surface area contributed by atoms with E-state index in [0.29, 0.717) is 16.3 Å². The Balaban J connectivity index is 2.22. The second kappa shape index (κ2) is 5.06. The molecular formula is C13H11ClN2O2. The lowest BCUT2D eigenvalue weighted by molar-refractivity contribution is 0.104. The maximum absolute atomic E-state index is 11.8. The molecular weight excluding hydrogens is 252 g/mol. The van der Waals surface area contributed by atoms with Gasteiger partial charge >= 0.3 is 0 Å². The Labute approximate surface area is 109 Å². The number of aryl methyl sites for hydroxylation is 1. The summed E-state index contributed by atoms with van der Waals surface area (Å²) < 4.78 is 1.58. The highest BCUT2D eigenvalue weighted by molar-refractivity contribution is 6.31. The number of benzene rings is 1. The average Bonchev–Trinajstić information content (AvgIpc) is 2.66. The summed E-state index contributed by atoms with van der Waals surface area (Å²) in [4.78, 5) is 11.8. The quantitative estimate of drug-likeness (QED) is 0.683. The zero-order valence-corrected chi connectivity index (χ0v) is 10.4. The number of ketones is 1. The highest BCUT2D eigenvalue weighted by Crippen LogP contribution is 2.17. The summed E-state index contributed by atoms with van der Waals surface area (Å²) in [5, 5.41) is 13.7. The monoisotopic (exact) mass is 262 g/mol. The second-order valence-corrected chi connectivity index (χ2v) is 4.16. The molecule has 1 N–H and O–H groups in total. The molecule has 1 heterocycles. The molecule has 1 aromatic heterocycles. The van der Waals surface area contributed by atoms with Gasteiger partial charge < -0.3 is 5.11 Å². The van der Waals surface area contributed by atoms with Crippen molar-refractivity contribution in [2.75, 3.05) is 0 Å². The van der Waals surface area contributed by atoms with Crippen LogP contribution in [0.5, 0.6) is 5.75 Å². The van der Waals surface area contributed by atoms with E-state index in [9.17, 15) is 9.90 Å². The fourth-order valence-electron chi connectivity index (χ4n) is 1.52. The van der Waals surface area contributed by atoms with Gasteiger partial charge in [-0.2, -0.15) is 5.10 Å². The molecule has 1 aromatic carbocycles. The Hall–Kier alpha value is -2.07. The topological polar surface area (TPSA) is 55.1 Å². The first-order valence-corrected chi connectivity index (χ1v) is 5.64. The molecule has 0 atom stereocenters. The van der Waals surface area contributed by atoms with Crippen LogP contribution in [0.4, 0.5) is 0 Å². The van der Waals surface area contributed by atoms with Crippen LogP contribution in [0.15, 0.2) is 36.5 Å². The largest absolute Gasteiger partial charge is 0.508 e. The summed E-state index contributed by atoms with van der Waals surface area (Å²) in [6, 6.07) is 6.18. The van der Waals surface area contributed by atoms with Crippen LogP contribution < -0.4 is 0 Å². The molecule has 18 heavy (non-hydrogen) atoms. The number of nitrogens with zero attached hydrogens (tertiary/aromatic N) is 2. The first-order chi connectivity index (χ1) is 8.58. The van der Waals surface area contributed by atoms with Gasteiger partial charge in [0.1, 0.15) is 5.75 Å². The third kappa shape index (κ3) is 2.60. The summed E-state index contributed by atoms with van der Waals surface area (Å²) in [5.41, 5.74) is 1.08. The van der Waals surface area contributed by atoms with Crippen LogP contribution in [0.25, 0.3) is 6.08 Å². The highest BCUT2D eigenvalue weighted by Gasteiger charge is 2.05. The molecule has 0 saturated heterocycles. The molecule has 4 nitrogen and oxygen atoms in total. The van der Waals surface area contributed by atoms with Crippen molar-refractivity contribution >= 4 is 23.5 Å². The van der Waals surface area contributed by atoms with Crippen molar-refractivity contribution in [2.24, 2.45) is 7.05 Å². The van der Waals surface area contributed by atoms with Gasteiger partial charge in [-0.15, -0.1) is 0 Å². The number of carbonyl (C=O) groups excluding carboxylic acids is 1. The van der Waals surface area contributed by atoms with Crippen molar-refractivity contribution in [1.82, 2.24) is 9.78 Å². The van der Waals surface area contributed by atoms with Crippen molar-refractivity contribution in [3.05, 3.63) is 52.8 Å². The number of hydrogen-bond acceptors (Lipinski definition) is 3. The molecule has 0 aliphatic rings. The van der Waals surface area contributed by atoms with Crippen LogP contribution in [0, 0.1) is 0 Å². The molecule has 5 heteroatoms. The van der Waals surface area contributed by atoms with E-state index in [1.165, 1.54) is 24.4 Å². The average molecular weight is 263 g/mol. The van der Waals surface area contributed by atoms with Gasteiger partial charge in [0.15, 0.2) is 5.78 Å². The SMILES string of the molecule is Cn1ncc(Cl)c1/C=C/C(=O)c1cccc(O)c1. The molecule has 0 bridgehead atoms. The molecule has 92 valence electrons. The zero-order chi connectivity index (χ0) is 13.1. The Kier molecular flexibility index (Phi) is 3.48. The van der Waals surface area contributed by atoms with Gasteiger partial charge in [-0.05, 0) is 24.3 Å². The van der Waals surface area contributed by atoms with Crippen LogP contribution in [-0.4, -0.2) is 20.7 Å². The molecule has 0 spiro atoms. The molecule has 2 rings (SSSR count).